The topological polar surface area (TPSA) is 47.5 Å². The lowest BCUT2D eigenvalue weighted by molar-refractivity contribution is 0.304. The summed E-state index contributed by atoms with van der Waals surface area (Å²) in [5.74, 6) is 1.82. The van der Waals surface area contributed by atoms with Crippen LogP contribution in [0.2, 0.25) is 0 Å². The van der Waals surface area contributed by atoms with Crippen LogP contribution in [0.25, 0.3) is 22.2 Å². The Balaban J connectivity index is 1.31. The molecule has 1 aromatic heterocycles. The molecule has 0 aliphatic carbocycles. The highest BCUT2D eigenvalue weighted by Gasteiger charge is 2.15. The maximum absolute atomic E-state index is 6.10. The minimum Gasteiger partial charge on any atom is -0.494 e. The molecule has 248 valence electrons. The van der Waals surface area contributed by atoms with E-state index in [0.29, 0.717) is 0 Å². The molecule has 47 heavy (non-hydrogen) atoms. The van der Waals surface area contributed by atoms with Gasteiger partial charge in [-0.1, -0.05) is 96.3 Å². The van der Waals surface area contributed by atoms with Crippen molar-refractivity contribution in [1.29, 1.82) is 0 Å². The molecule has 0 amide bonds. The molecule has 7 heteroatoms. The highest BCUT2D eigenvalue weighted by molar-refractivity contribution is 9.10. The summed E-state index contributed by atoms with van der Waals surface area (Å²) in [6.45, 7) is 6.03. The number of anilines is 3. The van der Waals surface area contributed by atoms with Crippen LogP contribution in [0.3, 0.4) is 0 Å². The van der Waals surface area contributed by atoms with E-state index in [0.717, 1.165) is 81.2 Å². The third kappa shape index (κ3) is 10.0. The van der Waals surface area contributed by atoms with Gasteiger partial charge >= 0.3 is 0 Å². The number of rotatable bonds is 20. The second-order valence-corrected chi connectivity index (χ2v) is 13.5. The summed E-state index contributed by atoms with van der Waals surface area (Å²) >= 11 is 4.85. The molecule has 0 saturated heterocycles. The van der Waals surface area contributed by atoms with Crippen LogP contribution in [0.5, 0.6) is 11.5 Å². The van der Waals surface area contributed by atoms with Crippen molar-refractivity contribution in [2.45, 2.75) is 90.9 Å². The zero-order valence-corrected chi connectivity index (χ0v) is 30.3. The lowest BCUT2D eigenvalue weighted by atomic mass is 10.0. The van der Waals surface area contributed by atoms with Gasteiger partial charge < -0.3 is 14.4 Å². The van der Waals surface area contributed by atoms with Crippen molar-refractivity contribution < 1.29 is 9.47 Å². The Kier molecular flexibility index (Phi) is 14.0. The van der Waals surface area contributed by atoms with Gasteiger partial charge in [-0.2, -0.15) is 8.75 Å². The van der Waals surface area contributed by atoms with E-state index >= 15 is 0 Å². The molecule has 0 saturated carbocycles. The molecule has 5 aromatic rings. The number of aromatic nitrogens is 2. The van der Waals surface area contributed by atoms with Crippen molar-refractivity contribution in [2.75, 3.05) is 18.1 Å². The molecule has 0 radical (unpaired) electrons. The number of halogens is 1. The first-order chi connectivity index (χ1) is 23.2. The number of hydrogen-bond acceptors (Lipinski definition) is 6. The van der Waals surface area contributed by atoms with E-state index in [2.05, 4.69) is 122 Å². The zero-order chi connectivity index (χ0) is 32.7. The summed E-state index contributed by atoms with van der Waals surface area (Å²) in [5, 5.41) is 0. The van der Waals surface area contributed by atoms with Crippen LogP contribution in [0.4, 0.5) is 17.1 Å². The predicted octanol–water partition coefficient (Wildman–Crippen LogP) is 13.1. The predicted molar refractivity (Wildman–Crippen MR) is 203 cm³/mol. The van der Waals surface area contributed by atoms with E-state index < -0.39 is 0 Å². The van der Waals surface area contributed by atoms with Crippen LogP contribution in [0, 0.1) is 0 Å². The number of ether oxygens (including phenoxy) is 2. The van der Waals surface area contributed by atoms with E-state index in [4.69, 9.17) is 9.47 Å². The summed E-state index contributed by atoms with van der Waals surface area (Å²) < 4.78 is 22.2. The monoisotopic (exact) mass is 713 g/mol. The molecule has 0 atom stereocenters. The van der Waals surface area contributed by atoms with Crippen molar-refractivity contribution in [2.24, 2.45) is 0 Å². The maximum Gasteiger partial charge on any atom is 0.119 e. The molecular weight excluding hydrogens is 666 g/mol. The number of benzene rings is 4. The third-order valence-electron chi connectivity index (χ3n) is 8.53. The summed E-state index contributed by atoms with van der Waals surface area (Å²) in [6.07, 6.45) is 15.1. The first-order valence-corrected chi connectivity index (χ1v) is 19.0. The smallest absolute Gasteiger partial charge is 0.119 e. The Morgan fingerprint density at radius 3 is 1.49 bits per heavy atom. The Morgan fingerprint density at radius 2 is 0.979 bits per heavy atom. The first kappa shape index (κ1) is 34.9. The molecule has 0 bridgehead atoms. The zero-order valence-electron chi connectivity index (χ0n) is 27.9. The van der Waals surface area contributed by atoms with Gasteiger partial charge in [-0.25, -0.2) is 0 Å². The Labute approximate surface area is 293 Å². The highest BCUT2D eigenvalue weighted by atomic mass is 79.9. The van der Waals surface area contributed by atoms with Gasteiger partial charge in [-0.05, 0) is 101 Å². The molecule has 5 nitrogen and oxygen atoms in total. The standard InChI is InChI=1S/C40H48BrN3O2S/c1-3-5-7-9-11-13-29-45-35-23-19-33(20-24-35)44(34-21-25-36(26-22-34)46-30-14-12-10-8-6-4-2)32-17-15-31(16-18-32)37-27-28-38(41)40-39(37)42-47-43-40/h15-28H,3-14,29-30H2,1-2H3. The maximum atomic E-state index is 6.10. The van der Waals surface area contributed by atoms with Crippen molar-refractivity contribution >= 4 is 55.8 Å². The van der Waals surface area contributed by atoms with Crippen LogP contribution < -0.4 is 14.4 Å². The van der Waals surface area contributed by atoms with Crippen LogP contribution >= 0.6 is 27.7 Å². The van der Waals surface area contributed by atoms with E-state index in [-0.39, 0.29) is 0 Å². The fourth-order valence-electron chi connectivity index (χ4n) is 5.83. The van der Waals surface area contributed by atoms with Gasteiger partial charge in [0.05, 0.1) is 24.9 Å². The number of hydrogen-bond donors (Lipinski definition) is 0. The van der Waals surface area contributed by atoms with Crippen molar-refractivity contribution in [3.05, 3.63) is 89.4 Å². The summed E-state index contributed by atoms with van der Waals surface area (Å²) in [5.41, 5.74) is 7.21. The molecule has 5 rings (SSSR count). The van der Waals surface area contributed by atoms with Gasteiger partial charge in [0.2, 0.25) is 0 Å². The molecule has 1 heterocycles. The second-order valence-electron chi connectivity index (χ2n) is 12.2. The van der Waals surface area contributed by atoms with Crippen LogP contribution in [-0.4, -0.2) is 22.0 Å². The molecule has 0 fully saturated rings. The van der Waals surface area contributed by atoms with Crippen LogP contribution in [-0.2, 0) is 0 Å². The molecule has 0 unspecified atom stereocenters. The van der Waals surface area contributed by atoms with Gasteiger partial charge in [0.15, 0.2) is 0 Å². The van der Waals surface area contributed by atoms with Gasteiger partial charge in [0, 0.05) is 27.1 Å². The molecule has 0 spiro atoms. The quantitative estimate of drug-likeness (QED) is 0.0751. The highest BCUT2D eigenvalue weighted by Crippen LogP contribution is 2.38. The SMILES string of the molecule is CCCCCCCCOc1ccc(N(c2ccc(OCCCCCCCC)cc2)c2ccc(-c3ccc(Br)c4nsnc34)cc2)cc1. The minimum atomic E-state index is 0.759. The largest absolute Gasteiger partial charge is 0.494 e. The van der Waals surface area contributed by atoms with Crippen molar-refractivity contribution in [1.82, 2.24) is 8.75 Å². The normalized spacial score (nSPS) is 11.2. The number of fused-ring (bicyclic) bond motifs is 1. The van der Waals surface area contributed by atoms with E-state index in [9.17, 15) is 0 Å². The van der Waals surface area contributed by atoms with Crippen molar-refractivity contribution in [3.63, 3.8) is 0 Å². The van der Waals surface area contributed by atoms with Gasteiger partial charge in [-0.15, -0.1) is 0 Å². The molecule has 0 N–H and O–H groups in total. The fraction of sp³-hybridized carbons (Fsp3) is 0.400. The third-order valence-corrected chi connectivity index (χ3v) is 9.69. The van der Waals surface area contributed by atoms with E-state index in [1.165, 1.54) is 75.9 Å². The molecule has 4 aromatic carbocycles. The fourth-order valence-corrected chi connectivity index (χ4v) is 6.93. The summed E-state index contributed by atoms with van der Waals surface area (Å²) in [7, 11) is 0. The van der Waals surface area contributed by atoms with Gasteiger partial charge in [0.1, 0.15) is 22.5 Å². The second kappa shape index (κ2) is 18.8. The summed E-state index contributed by atoms with van der Waals surface area (Å²) in [4.78, 5) is 2.28. The summed E-state index contributed by atoms with van der Waals surface area (Å²) in [6, 6.07) is 29.8. The lowest BCUT2D eigenvalue weighted by Crippen LogP contribution is -2.10. The Morgan fingerprint density at radius 1 is 0.532 bits per heavy atom. The Bertz CT molecular complexity index is 1560. The Hall–Kier alpha value is -3.42. The first-order valence-electron chi connectivity index (χ1n) is 17.4. The van der Waals surface area contributed by atoms with Crippen LogP contribution in [0.1, 0.15) is 90.9 Å². The van der Waals surface area contributed by atoms with E-state index in [1.54, 1.807) is 0 Å². The molecule has 0 aliphatic rings. The number of nitrogens with zero attached hydrogens (tertiary/aromatic N) is 3. The average molecular weight is 715 g/mol. The number of unbranched alkanes of at least 4 members (excludes halogenated alkanes) is 10. The average Bonchev–Trinajstić information content (AvgIpc) is 3.61. The van der Waals surface area contributed by atoms with Crippen molar-refractivity contribution in [3.8, 4) is 22.6 Å². The molecular formula is C40H48BrN3O2S. The van der Waals surface area contributed by atoms with Gasteiger partial charge in [0.25, 0.3) is 0 Å². The lowest BCUT2D eigenvalue weighted by Gasteiger charge is -2.26. The van der Waals surface area contributed by atoms with Gasteiger partial charge in [-0.3, -0.25) is 0 Å². The minimum absolute atomic E-state index is 0.759. The molecule has 0 aliphatic heterocycles. The van der Waals surface area contributed by atoms with Crippen LogP contribution in [0.15, 0.2) is 89.4 Å². The van der Waals surface area contributed by atoms with E-state index in [1.807, 2.05) is 6.07 Å².